The second-order valence-electron chi connectivity index (χ2n) is 5.53. The molecule has 0 saturated heterocycles. The van der Waals surface area contributed by atoms with Gasteiger partial charge in [0.15, 0.2) is 6.10 Å². The van der Waals surface area contributed by atoms with E-state index in [0.29, 0.717) is 12.1 Å². The van der Waals surface area contributed by atoms with Crippen LogP contribution in [-0.4, -0.2) is 24.5 Å². The van der Waals surface area contributed by atoms with Gasteiger partial charge in [-0.1, -0.05) is 13.0 Å². The highest BCUT2D eigenvalue weighted by Crippen LogP contribution is 2.22. The lowest BCUT2D eigenvalue weighted by Gasteiger charge is -2.17. The average Bonchev–Trinajstić information content (AvgIpc) is 2.51. The zero-order valence-electron chi connectivity index (χ0n) is 12.8. The number of hydrogen-bond acceptors (Lipinski definition) is 3. The van der Waals surface area contributed by atoms with Crippen LogP contribution in [0.4, 0.5) is 0 Å². The quantitative estimate of drug-likeness (QED) is 0.848. The van der Waals surface area contributed by atoms with E-state index in [1.807, 2.05) is 19.1 Å². The second kappa shape index (κ2) is 7.25. The number of carbonyl (C=O) groups excluding carboxylic acids is 2. The summed E-state index contributed by atoms with van der Waals surface area (Å²) in [6.45, 7) is 4.17. The van der Waals surface area contributed by atoms with Crippen molar-refractivity contribution < 1.29 is 14.3 Å². The Morgan fingerprint density at radius 2 is 1.95 bits per heavy atom. The molecule has 4 heteroatoms. The average molecular weight is 289 g/mol. The van der Waals surface area contributed by atoms with E-state index in [2.05, 4.69) is 5.32 Å². The topological polar surface area (TPSA) is 55.4 Å². The van der Waals surface area contributed by atoms with Gasteiger partial charge in [0.25, 0.3) is 5.91 Å². The Morgan fingerprint density at radius 3 is 2.67 bits per heavy atom. The maximum absolute atomic E-state index is 12.1. The molecule has 1 aliphatic rings. The molecule has 1 N–H and O–H groups in total. The number of nitrogens with one attached hydrogen (secondary N) is 1. The maximum Gasteiger partial charge on any atom is 0.338 e. The number of esters is 1. The number of rotatable bonds is 5. The number of benzene rings is 1. The first-order chi connectivity index (χ1) is 10.1. The van der Waals surface area contributed by atoms with Crippen molar-refractivity contribution in [2.24, 2.45) is 0 Å². The summed E-state index contributed by atoms with van der Waals surface area (Å²) in [5, 5.41) is 2.72. The third kappa shape index (κ3) is 4.06. The fourth-order valence-electron chi connectivity index (χ4n) is 2.53. The molecule has 4 nitrogen and oxygen atoms in total. The summed E-state index contributed by atoms with van der Waals surface area (Å²) >= 11 is 0. The Balaban J connectivity index is 1.98. The number of ether oxygens (including phenoxy) is 1. The van der Waals surface area contributed by atoms with Gasteiger partial charge in [-0.15, -0.1) is 0 Å². The van der Waals surface area contributed by atoms with Crippen LogP contribution in [-0.2, 0) is 22.4 Å². The van der Waals surface area contributed by atoms with Crippen LogP contribution >= 0.6 is 0 Å². The minimum absolute atomic E-state index is 0.247. The van der Waals surface area contributed by atoms with Crippen molar-refractivity contribution >= 4 is 11.9 Å². The molecule has 0 radical (unpaired) electrons. The molecule has 114 valence electrons. The zero-order valence-corrected chi connectivity index (χ0v) is 12.8. The fourth-order valence-corrected chi connectivity index (χ4v) is 2.53. The summed E-state index contributed by atoms with van der Waals surface area (Å²) in [4.78, 5) is 23.8. The largest absolute Gasteiger partial charge is 0.449 e. The van der Waals surface area contributed by atoms with Crippen molar-refractivity contribution in [2.45, 2.75) is 52.1 Å². The fraction of sp³-hybridized carbons (Fsp3) is 0.529. The van der Waals surface area contributed by atoms with Crippen LogP contribution in [0.1, 0.15) is 54.6 Å². The first kappa shape index (κ1) is 15.5. The second-order valence-corrected chi connectivity index (χ2v) is 5.53. The highest BCUT2D eigenvalue weighted by atomic mass is 16.5. The summed E-state index contributed by atoms with van der Waals surface area (Å²) in [7, 11) is 0. The summed E-state index contributed by atoms with van der Waals surface area (Å²) in [5.41, 5.74) is 3.09. The molecule has 1 unspecified atom stereocenters. The van der Waals surface area contributed by atoms with Crippen molar-refractivity contribution in [3.8, 4) is 0 Å². The Hall–Kier alpha value is -1.84. The molecule has 1 aromatic carbocycles. The van der Waals surface area contributed by atoms with Gasteiger partial charge in [0.2, 0.25) is 0 Å². The van der Waals surface area contributed by atoms with Crippen molar-refractivity contribution in [1.29, 1.82) is 0 Å². The van der Waals surface area contributed by atoms with Crippen LogP contribution in [0.15, 0.2) is 18.2 Å². The SMILES string of the molecule is CCCNC(=O)C(C)OC(=O)c1ccc2c(c1)CCCC2. The molecule has 0 bridgehead atoms. The minimum atomic E-state index is -0.764. The van der Waals surface area contributed by atoms with Gasteiger partial charge in [-0.25, -0.2) is 4.79 Å². The molecule has 0 aromatic heterocycles. The molecule has 1 amide bonds. The van der Waals surface area contributed by atoms with Crippen molar-refractivity contribution in [2.75, 3.05) is 6.54 Å². The van der Waals surface area contributed by atoms with Gasteiger partial charge >= 0.3 is 5.97 Å². The molecule has 1 aliphatic carbocycles. The van der Waals surface area contributed by atoms with E-state index in [-0.39, 0.29) is 5.91 Å². The first-order valence-electron chi connectivity index (χ1n) is 7.72. The van der Waals surface area contributed by atoms with E-state index in [4.69, 9.17) is 4.74 Å². The van der Waals surface area contributed by atoms with E-state index in [0.717, 1.165) is 19.3 Å². The van der Waals surface area contributed by atoms with E-state index < -0.39 is 12.1 Å². The Morgan fingerprint density at radius 1 is 1.24 bits per heavy atom. The molecule has 2 rings (SSSR count). The van der Waals surface area contributed by atoms with E-state index in [9.17, 15) is 9.59 Å². The molecule has 1 atom stereocenters. The number of amides is 1. The Bertz CT molecular complexity index is 525. The number of aryl methyl sites for hydroxylation is 2. The van der Waals surface area contributed by atoms with Crippen LogP contribution in [0.3, 0.4) is 0 Å². The monoisotopic (exact) mass is 289 g/mol. The van der Waals surface area contributed by atoms with Crippen LogP contribution in [0.2, 0.25) is 0 Å². The van der Waals surface area contributed by atoms with Gasteiger partial charge in [0.1, 0.15) is 0 Å². The molecule has 0 saturated carbocycles. The van der Waals surface area contributed by atoms with Gasteiger partial charge < -0.3 is 10.1 Å². The standard InChI is InChI=1S/C17H23NO3/c1-3-10-18-16(19)12(2)21-17(20)15-9-8-13-6-4-5-7-14(13)11-15/h8-9,11-12H,3-7,10H2,1-2H3,(H,18,19). The van der Waals surface area contributed by atoms with Crippen molar-refractivity contribution in [3.63, 3.8) is 0 Å². The predicted octanol–water partition coefficient (Wildman–Crippen LogP) is 2.64. The highest BCUT2D eigenvalue weighted by Gasteiger charge is 2.19. The summed E-state index contributed by atoms with van der Waals surface area (Å²) in [6.07, 6.45) is 4.58. The molecule has 0 fully saturated rings. The molecule has 0 aliphatic heterocycles. The molecule has 21 heavy (non-hydrogen) atoms. The number of hydrogen-bond donors (Lipinski definition) is 1. The van der Waals surface area contributed by atoms with Gasteiger partial charge in [-0.05, 0) is 62.3 Å². The Labute approximate surface area is 125 Å². The smallest absolute Gasteiger partial charge is 0.338 e. The zero-order chi connectivity index (χ0) is 15.2. The van der Waals surface area contributed by atoms with Gasteiger partial charge in [-0.2, -0.15) is 0 Å². The van der Waals surface area contributed by atoms with E-state index >= 15 is 0 Å². The lowest BCUT2D eigenvalue weighted by Crippen LogP contribution is -2.36. The van der Waals surface area contributed by atoms with Crippen molar-refractivity contribution in [3.05, 3.63) is 34.9 Å². The predicted molar refractivity (Wildman–Crippen MR) is 81.3 cm³/mol. The summed E-state index contributed by atoms with van der Waals surface area (Å²) in [5.74, 6) is -0.675. The third-order valence-corrected chi connectivity index (χ3v) is 3.79. The molecule has 0 heterocycles. The minimum Gasteiger partial charge on any atom is -0.449 e. The third-order valence-electron chi connectivity index (χ3n) is 3.79. The summed E-state index contributed by atoms with van der Waals surface area (Å²) in [6, 6.07) is 5.71. The van der Waals surface area contributed by atoms with Gasteiger partial charge in [0.05, 0.1) is 5.56 Å². The van der Waals surface area contributed by atoms with Gasteiger partial charge in [-0.3, -0.25) is 4.79 Å². The normalized spacial score (nSPS) is 15.0. The highest BCUT2D eigenvalue weighted by molar-refractivity contribution is 5.92. The van der Waals surface area contributed by atoms with E-state index in [1.54, 1.807) is 13.0 Å². The van der Waals surface area contributed by atoms with Crippen molar-refractivity contribution in [1.82, 2.24) is 5.32 Å². The molecule has 1 aromatic rings. The first-order valence-corrected chi connectivity index (χ1v) is 7.72. The van der Waals surface area contributed by atoms with Gasteiger partial charge in [0, 0.05) is 6.54 Å². The number of carbonyl (C=O) groups is 2. The maximum atomic E-state index is 12.1. The van der Waals surface area contributed by atoms with Crippen LogP contribution in [0.5, 0.6) is 0 Å². The lowest BCUT2D eigenvalue weighted by molar-refractivity contribution is -0.129. The number of fused-ring (bicyclic) bond motifs is 1. The summed E-state index contributed by atoms with van der Waals surface area (Å²) < 4.78 is 5.24. The molecule has 0 spiro atoms. The van der Waals surface area contributed by atoms with Crippen LogP contribution in [0.25, 0.3) is 0 Å². The Kier molecular flexibility index (Phi) is 5.37. The molecular formula is C17H23NO3. The van der Waals surface area contributed by atoms with E-state index in [1.165, 1.54) is 24.0 Å². The van der Waals surface area contributed by atoms with Crippen LogP contribution in [0, 0.1) is 0 Å². The van der Waals surface area contributed by atoms with Crippen LogP contribution < -0.4 is 5.32 Å². The lowest BCUT2D eigenvalue weighted by atomic mass is 9.90. The molecular weight excluding hydrogens is 266 g/mol.